The fourth-order valence-electron chi connectivity index (χ4n) is 1.72. The average molecular weight is 217 g/mol. The molecule has 0 bridgehead atoms. The van der Waals surface area contributed by atoms with Crippen LogP contribution < -0.4 is 5.32 Å². The van der Waals surface area contributed by atoms with Crippen LogP contribution in [0, 0.1) is 5.92 Å². The van der Waals surface area contributed by atoms with Crippen molar-refractivity contribution in [1.82, 2.24) is 5.32 Å². The van der Waals surface area contributed by atoms with E-state index in [2.05, 4.69) is 37.9 Å². The molecule has 1 N–H and O–H groups in total. The zero-order valence-corrected chi connectivity index (χ0v) is 9.94. The number of carbonyl (C=O) groups excluding carboxylic acids is 1. The molecule has 16 heavy (non-hydrogen) atoms. The van der Waals surface area contributed by atoms with Gasteiger partial charge in [-0.25, -0.2) is 0 Å². The molecule has 1 amide bonds. The summed E-state index contributed by atoms with van der Waals surface area (Å²) in [5, 5.41) is 2.86. The van der Waals surface area contributed by atoms with Crippen molar-refractivity contribution < 1.29 is 4.79 Å². The molecule has 0 saturated heterocycles. The predicted octanol–water partition coefficient (Wildman–Crippen LogP) is 2.73. The second kappa shape index (κ2) is 6.11. The van der Waals surface area contributed by atoms with Crippen LogP contribution in [0.4, 0.5) is 0 Å². The largest absolute Gasteiger partial charge is 0.352 e. The van der Waals surface area contributed by atoms with Gasteiger partial charge in [0.25, 0.3) is 0 Å². The van der Waals surface area contributed by atoms with Crippen molar-refractivity contribution in [1.29, 1.82) is 0 Å². The zero-order valence-electron chi connectivity index (χ0n) is 9.94. The van der Waals surface area contributed by atoms with Crippen LogP contribution in [-0.4, -0.2) is 12.5 Å². The molecule has 0 fully saturated rings. The molecule has 1 atom stereocenters. The molecule has 1 aromatic carbocycles. The van der Waals surface area contributed by atoms with Gasteiger partial charge in [-0.15, -0.1) is 0 Å². The third-order valence-electron chi connectivity index (χ3n) is 2.71. The van der Waals surface area contributed by atoms with Crippen molar-refractivity contribution in [3.63, 3.8) is 0 Å². The third-order valence-corrected chi connectivity index (χ3v) is 2.71. The van der Waals surface area contributed by atoms with Gasteiger partial charge < -0.3 is 5.32 Å². The second-order valence-corrected chi connectivity index (χ2v) is 4.21. The topological polar surface area (TPSA) is 29.1 Å². The molecule has 0 aliphatic rings. The van der Waals surface area contributed by atoms with Crippen molar-refractivity contribution in [3.8, 4) is 0 Å². The van der Waals surface area contributed by atoms with E-state index in [-0.39, 0.29) is 5.91 Å². The molecule has 0 aliphatic heterocycles. The quantitative estimate of drug-likeness (QED) is 0.755. The van der Waals surface area contributed by atoms with Crippen LogP contribution in [0.1, 0.15) is 25.3 Å². The van der Waals surface area contributed by atoms with Gasteiger partial charge in [0.15, 0.2) is 0 Å². The van der Waals surface area contributed by atoms with E-state index in [9.17, 15) is 4.79 Å². The van der Waals surface area contributed by atoms with E-state index < -0.39 is 0 Å². The van der Waals surface area contributed by atoms with Gasteiger partial charge in [-0.3, -0.25) is 4.79 Å². The lowest BCUT2D eigenvalue weighted by Crippen LogP contribution is -2.28. The Morgan fingerprint density at radius 3 is 2.50 bits per heavy atom. The Bertz CT molecular complexity index is 343. The average Bonchev–Trinajstić information content (AvgIpc) is 2.30. The van der Waals surface area contributed by atoms with Gasteiger partial charge >= 0.3 is 0 Å². The van der Waals surface area contributed by atoms with Crippen molar-refractivity contribution in [3.05, 3.63) is 48.6 Å². The zero-order chi connectivity index (χ0) is 12.0. The lowest BCUT2D eigenvalue weighted by Gasteiger charge is -2.21. The van der Waals surface area contributed by atoms with Crippen molar-refractivity contribution in [2.24, 2.45) is 5.92 Å². The number of nitrogens with one attached hydrogen (secondary N) is 1. The van der Waals surface area contributed by atoms with Gasteiger partial charge in [0.1, 0.15) is 0 Å². The van der Waals surface area contributed by atoms with E-state index in [1.165, 1.54) is 11.6 Å². The van der Waals surface area contributed by atoms with Crippen LogP contribution in [0.25, 0.3) is 0 Å². The molecular formula is C14H19NO. The van der Waals surface area contributed by atoms with E-state index in [1.807, 2.05) is 18.2 Å². The van der Waals surface area contributed by atoms with Gasteiger partial charge in [-0.2, -0.15) is 0 Å². The maximum absolute atomic E-state index is 11.1. The maximum Gasteiger partial charge on any atom is 0.243 e. The molecule has 0 saturated carbocycles. The summed E-state index contributed by atoms with van der Waals surface area (Å²) >= 11 is 0. The first-order valence-electron chi connectivity index (χ1n) is 5.60. The third kappa shape index (κ3) is 3.54. The molecule has 0 aliphatic carbocycles. The summed E-state index contributed by atoms with van der Waals surface area (Å²) in [5.74, 6) is 0.735. The summed E-state index contributed by atoms with van der Waals surface area (Å²) < 4.78 is 0. The van der Waals surface area contributed by atoms with E-state index in [0.717, 1.165) is 0 Å². The summed E-state index contributed by atoms with van der Waals surface area (Å²) in [6, 6.07) is 10.3. The molecule has 1 unspecified atom stereocenters. The molecule has 0 spiro atoms. The van der Waals surface area contributed by atoms with Crippen LogP contribution >= 0.6 is 0 Å². The minimum absolute atomic E-state index is 0.110. The molecule has 1 aromatic rings. The van der Waals surface area contributed by atoms with Crippen molar-refractivity contribution >= 4 is 5.91 Å². The number of benzene rings is 1. The van der Waals surface area contributed by atoms with E-state index >= 15 is 0 Å². The fraction of sp³-hybridized carbons (Fsp3) is 0.357. The van der Waals surface area contributed by atoms with E-state index in [0.29, 0.717) is 18.4 Å². The first kappa shape index (κ1) is 12.5. The molecule has 0 radical (unpaired) electrons. The Kier molecular flexibility index (Phi) is 4.77. The van der Waals surface area contributed by atoms with Crippen LogP contribution in [-0.2, 0) is 4.79 Å². The van der Waals surface area contributed by atoms with E-state index in [1.54, 1.807) is 0 Å². The molecule has 2 heteroatoms. The van der Waals surface area contributed by atoms with Crippen LogP contribution in [0.2, 0.25) is 0 Å². The molecule has 1 rings (SSSR count). The minimum Gasteiger partial charge on any atom is -0.352 e. The lowest BCUT2D eigenvalue weighted by molar-refractivity contribution is -0.116. The second-order valence-electron chi connectivity index (χ2n) is 4.21. The lowest BCUT2D eigenvalue weighted by atomic mass is 9.88. The smallest absolute Gasteiger partial charge is 0.243 e. The molecule has 0 heterocycles. The van der Waals surface area contributed by atoms with Crippen molar-refractivity contribution in [2.75, 3.05) is 6.54 Å². The SMILES string of the molecule is C=CC(=O)NCC(c1ccccc1)C(C)C. The molecule has 86 valence electrons. The molecular weight excluding hydrogens is 198 g/mol. The summed E-state index contributed by atoms with van der Waals surface area (Å²) in [6.07, 6.45) is 1.31. The van der Waals surface area contributed by atoms with Crippen molar-refractivity contribution in [2.45, 2.75) is 19.8 Å². The first-order valence-corrected chi connectivity index (χ1v) is 5.60. The predicted molar refractivity (Wildman–Crippen MR) is 67.2 cm³/mol. The van der Waals surface area contributed by atoms with Gasteiger partial charge in [-0.05, 0) is 17.6 Å². The number of amides is 1. The highest BCUT2D eigenvalue weighted by atomic mass is 16.1. The number of hydrogen-bond donors (Lipinski definition) is 1. The summed E-state index contributed by atoms with van der Waals surface area (Å²) in [5.41, 5.74) is 1.27. The van der Waals surface area contributed by atoms with Gasteiger partial charge in [-0.1, -0.05) is 50.8 Å². The van der Waals surface area contributed by atoms with Crippen LogP contribution in [0.15, 0.2) is 43.0 Å². The highest BCUT2D eigenvalue weighted by molar-refractivity contribution is 5.86. The van der Waals surface area contributed by atoms with Gasteiger partial charge in [0, 0.05) is 12.5 Å². The summed E-state index contributed by atoms with van der Waals surface area (Å²) in [7, 11) is 0. The highest BCUT2D eigenvalue weighted by Gasteiger charge is 2.15. The Labute approximate surface area is 97.4 Å². The Hall–Kier alpha value is -1.57. The van der Waals surface area contributed by atoms with Crippen LogP contribution in [0.3, 0.4) is 0 Å². The Morgan fingerprint density at radius 1 is 1.38 bits per heavy atom. The van der Waals surface area contributed by atoms with Gasteiger partial charge in [0.05, 0.1) is 0 Å². The number of carbonyl (C=O) groups is 1. The number of hydrogen-bond acceptors (Lipinski definition) is 1. The van der Waals surface area contributed by atoms with E-state index in [4.69, 9.17) is 0 Å². The Morgan fingerprint density at radius 2 is 2.00 bits per heavy atom. The standard InChI is InChI=1S/C14H19NO/c1-4-14(16)15-10-13(11(2)3)12-8-6-5-7-9-12/h4-9,11,13H,1,10H2,2-3H3,(H,15,16). The fourth-order valence-corrected chi connectivity index (χ4v) is 1.72. The van der Waals surface area contributed by atoms with Gasteiger partial charge in [0.2, 0.25) is 5.91 Å². The maximum atomic E-state index is 11.1. The first-order chi connectivity index (χ1) is 7.65. The minimum atomic E-state index is -0.110. The normalized spacial score (nSPS) is 12.2. The number of rotatable bonds is 5. The Balaban J connectivity index is 2.69. The molecule has 2 nitrogen and oxygen atoms in total. The summed E-state index contributed by atoms with van der Waals surface area (Å²) in [6.45, 7) is 8.43. The van der Waals surface area contributed by atoms with Crippen LogP contribution in [0.5, 0.6) is 0 Å². The monoisotopic (exact) mass is 217 g/mol. The highest BCUT2D eigenvalue weighted by Crippen LogP contribution is 2.23. The molecule has 0 aromatic heterocycles. The summed E-state index contributed by atoms with van der Waals surface area (Å²) in [4.78, 5) is 11.1.